The number of nitrogens with zero attached hydrogens (tertiary/aromatic N) is 3. The third-order valence-corrected chi connectivity index (χ3v) is 6.21. The fourth-order valence-electron chi connectivity index (χ4n) is 4.41. The van der Waals surface area contributed by atoms with Crippen LogP contribution in [0.15, 0.2) is 54.7 Å². The van der Waals surface area contributed by atoms with Crippen LogP contribution in [-0.4, -0.2) is 35.5 Å². The van der Waals surface area contributed by atoms with Crippen LogP contribution in [0.2, 0.25) is 0 Å². The number of rotatable bonds is 7. The normalized spacial score (nSPS) is 18.3. The van der Waals surface area contributed by atoms with Gasteiger partial charge in [0.15, 0.2) is 5.11 Å². The molecule has 0 spiro atoms. The predicted molar refractivity (Wildman–Crippen MR) is 127 cm³/mol. The number of benzene rings is 1. The summed E-state index contributed by atoms with van der Waals surface area (Å²) < 4.78 is 13.3. The number of anilines is 1. The van der Waals surface area contributed by atoms with E-state index in [0.29, 0.717) is 11.7 Å². The molecular formula is C24H28N4O2S. The second kappa shape index (κ2) is 9.08. The Morgan fingerprint density at radius 3 is 2.58 bits per heavy atom. The molecule has 4 rings (SSSR count). The molecule has 2 aromatic heterocycles. The predicted octanol–water partition coefficient (Wildman–Crippen LogP) is 4.33. The summed E-state index contributed by atoms with van der Waals surface area (Å²) in [5.41, 5.74) is 5.50. The van der Waals surface area contributed by atoms with Gasteiger partial charge in [0.25, 0.3) is 0 Å². The van der Waals surface area contributed by atoms with E-state index in [2.05, 4.69) is 39.7 Å². The molecule has 3 heterocycles. The van der Waals surface area contributed by atoms with Crippen LogP contribution in [0.25, 0.3) is 0 Å². The molecule has 0 radical (unpaired) electrons. The lowest BCUT2D eigenvalue weighted by atomic mass is 9.96. The van der Waals surface area contributed by atoms with Crippen LogP contribution in [0.4, 0.5) is 5.69 Å². The molecule has 0 unspecified atom stereocenters. The summed E-state index contributed by atoms with van der Waals surface area (Å²) in [5.74, 6) is 0.784. The Kier molecular flexibility index (Phi) is 6.25. The topological polar surface area (TPSA) is 51.5 Å². The number of methoxy groups -OCH3 is 2. The highest BCUT2D eigenvalue weighted by atomic mass is 32.1. The molecule has 6 nitrogen and oxygen atoms in total. The Bertz CT molecular complexity index is 1070. The molecule has 1 aromatic carbocycles. The van der Waals surface area contributed by atoms with Gasteiger partial charge in [0.2, 0.25) is 0 Å². The Labute approximate surface area is 188 Å². The maximum absolute atomic E-state index is 5.84. The van der Waals surface area contributed by atoms with Crippen molar-refractivity contribution in [2.45, 2.75) is 32.5 Å². The lowest BCUT2D eigenvalue weighted by Crippen LogP contribution is -2.30. The van der Waals surface area contributed by atoms with Gasteiger partial charge in [-0.25, -0.2) is 0 Å². The molecule has 2 atom stereocenters. The summed E-state index contributed by atoms with van der Waals surface area (Å²) in [5, 5.41) is 4.18. The molecule has 1 fully saturated rings. The molecule has 7 heteroatoms. The van der Waals surface area contributed by atoms with Gasteiger partial charge in [-0.15, -0.1) is 0 Å². The minimum absolute atomic E-state index is 0.0683. The second-order valence-corrected chi connectivity index (χ2v) is 8.03. The first-order chi connectivity index (χ1) is 15.1. The zero-order valence-electron chi connectivity index (χ0n) is 18.3. The van der Waals surface area contributed by atoms with Crippen molar-refractivity contribution >= 4 is 23.0 Å². The fourth-order valence-corrected chi connectivity index (χ4v) is 4.75. The summed E-state index contributed by atoms with van der Waals surface area (Å²) in [6.07, 6.45) is 1.82. The number of hydrogen-bond acceptors (Lipinski definition) is 4. The quantitative estimate of drug-likeness (QED) is 0.557. The van der Waals surface area contributed by atoms with Crippen molar-refractivity contribution in [1.82, 2.24) is 14.9 Å². The van der Waals surface area contributed by atoms with E-state index in [1.165, 1.54) is 17.0 Å². The Hall–Kier alpha value is -2.90. The molecular weight excluding hydrogens is 408 g/mol. The van der Waals surface area contributed by atoms with E-state index >= 15 is 0 Å². The van der Waals surface area contributed by atoms with E-state index in [1.54, 1.807) is 14.2 Å². The van der Waals surface area contributed by atoms with Gasteiger partial charge in [-0.1, -0.05) is 18.2 Å². The smallest absolute Gasteiger partial charge is 0.174 e. The van der Waals surface area contributed by atoms with E-state index in [9.17, 15) is 0 Å². The number of ether oxygens (including phenoxy) is 2. The summed E-state index contributed by atoms with van der Waals surface area (Å²) >= 11 is 5.84. The van der Waals surface area contributed by atoms with Gasteiger partial charge in [-0.2, -0.15) is 0 Å². The average Bonchev–Trinajstić information content (AvgIpc) is 3.28. The van der Waals surface area contributed by atoms with Crippen molar-refractivity contribution in [3.63, 3.8) is 0 Å². The number of aryl methyl sites for hydroxylation is 1. The zero-order valence-corrected chi connectivity index (χ0v) is 19.1. The largest absolute Gasteiger partial charge is 0.495 e. The van der Waals surface area contributed by atoms with Crippen LogP contribution in [0.1, 0.15) is 34.7 Å². The maximum atomic E-state index is 5.84. The van der Waals surface area contributed by atoms with Gasteiger partial charge in [0.05, 0.1) is 37.2 Å². The Morgan fingerprint density at radius 1 is 1.10 bits per heavy atom. The number of aromatic nitrogens is 2. The van der Waals surface area contributed by atoms with Gasteiger partial charge in [0.1, 0.15) is 5.75 Å². The highest BCUT2D eigenvalue weighted by Gasteiger charge is 2.43. The van der Waals surface area contributed by atoms with Gasteiger partial charge in [0, 0.05) is 31.2 Å². The maximum Gasteiger partial charge on any atom is 0.174 e. The third-order valence-electron chi connectivity index (χ3n) is 5.89. The van der Waals surface area contributed by atoms with E-state index in [-0.39, 0.29) is 12.1 Å². The van der Waals surface area contributed by atoms with Crippen LogP contribution >= 0.6 is 12.2 Å². The number of pyridine rings is 1. The standard InChI is InChI=1S/C24H28N4O2S/c1-16-15-18(17(2)27(16)13-14-29-3)23-22(19-9-7-8-12-25-19)26-24(31)28(23)20-10-5-6-11-21(20)30-4/h5-12,15,22-23H,13-14H2,1-4H3,(H,26,31)/t22-,23-/m1/s1. The first kappa shape index (κ1) is 21.3. The van der Waals surface area contributed by atoms with E-state index < -0.39 is 0 Å². The lowest BCUT2D eigenvalue weighted by molar-refractivity contribution is 0.186. The summed E-state index contributed by atoms with van der Waals surface area (Å²) in [4.78, 5) is 6.81. The molecule has 162 valence electrons. The molecule has 1 aliphatic rings. The number of thiocarbonyl (C=S) groups is 1. The summed E-state index contributed by atoms with van der Waals surface area (Å²) in [6, 6.07) is 16.1. The molecule has 1 aliphatic heterocycles. The molecule has 1 N–H and O–H groups in total. The second-order valence-electron chi connectivity index (χ2n) is 7.64. The number of nitrogens with one attached hydrogen (secondary N) is 1. The van der Waals surface area contributed by atoms with Gasteiger partial charge < -0.3 is 24.3 Å². The number of para-hydroxylation sites is 2. The molecule has 3 aromatic rings. The minimum Gasteiger partial charge on any atom is -0.495 e. The average molecular weight is 437 g/mol. The molecule has 31 heavy (non-hydrogen) atoms. The van der Waals surface area contributed by atoms with Crippen molar-refractivity contribution in [2.75, 3.05) is 25.7 Å². The van der Waals surface area contributed by atoms with Crippen LogP contribution in [0, 0.1) is 13.8 Å². The highest BCUT2D eigenvalue weighted by molar-refractivity contribution is 7.80. The van der Waals surface area contributed by atoms with Crippen molar-refractivity contribution < 1.29 is 9.47 Å². The van der Waals surface area contributed by atoms with Crippen LogP contribution in [0.3, 0.4) is 0 Å². The Morgan fingerprint density at radius 2 is 1.87 bits per heavy atom. The van der Waals surface area contributed by atoms with E-state index in [0.717, 1.165) is 23.7 Å². The van der Waals surface area contributed by atoms with Gasteiger partial charge in [-0.3, -0.25) is 4.98 Å². The first-order valence-corrected chi connectivity index (χ1v) is 10.8. The van der Waals surface area contributed by atoms with Crippen molar-refractivity contribution in [3.8, 4) is 5.75 Å². The molecule has 0 saturated carbocycles. The van der Waals surface area contributed by atoms with Crippen LogP contribution < -0.4 is 15.0 Å². The molecule has 1 saturated heterocycles. The Balaban J connectivity index is 1.87. The third kappa shape index (κ3) is 3.91. The SMILES string of the molecule is COCCn1c(C)cc([C@@H]2[C@@H](c3ccccn3)NC(=S)N2c2ccccc2OC)c1C. The van der Waals surface area contributed by atoms with E-state index in [4.69, 9.17) is 21.7 Å². The minimum atomic E-state index is -0.0880. The monoisotopic (exact) mass is 436 g/mol. The molecule has 0 bridgehead atoms. The van der Waals surface area contributed by atoms with Crippen molar-refractivity contribution in [3.05, 3.63) is 77.4 Å². The fraction of sp³-hybridized carbons (Fsp3) is 0.333. The van der Waals surface area contributed by atoms with Gasteiger partial charge >= 0.3 is 0 Å². The molecule has 0 aliphatic carbocycles. The van der Waals surface area contributed by atoms with Crippen LogP contribution in [0.5, 0.6) is 5.75 Å². The summed E-state index contributed by atoms with van der Waals surface area (Å²) in [6.45, 7) is 5.77. The summed E-state index contributed by atoms with van der Waals surface area (Å²) in [7, 11) is 3.42. The highest BCUT2D eigenvalue weighted by Crippen LogP contribution is 2.45. The van der Waals surface area contributed by atoms with Gasteiger partial charge in [-0.05, 0) is 62.0 Å². The van der Waals surface area contributed by atoms with E-state index in [1.807, 2.05) is 48.7 Å². The van der Waals surface area contributed by atoms with Crippen molar-refractivity contribution in [1.29, 1.82) is 0 Å². The lowest BCUT2D eigenvalue weighted by Gasteiger charge is -2.29. The number of hydrogen-bond donors (Lipinski definition) is 1. The van der Waals surface area contributed by atoms with Crippen LogP contribution in [-0.2, 0) is 11.3 Å². The first-order valence-electron chi connectivity index (χ1n) is 10.4. The zero-order chi connectivity index (χ0) is 22.0. The molecule has 0 amide bonds. The van der Waals surface area contributed by atoms with Crippen molar-refractivity contribution in [2.24, 2.45) is 0 Å².